The molecular weight excluding hydrogens is 306 g/mol. The second-order valence-electron chi connectivity index (χ2n) is 5.60. The van der Waals surface area contributed by atoms with Crippen LogP contribution in [0.5, 0.6) is 5.75 Å². The largest absolute Gasteiger partial charge is 0.497 e. The molecule has 24 heavy (non-hydrogen) atoms. The molecule has 0 aromatic heterocycles. The first-order chi connectivity index (χ1) is 11.7. The van der Waals surface area contributed by atoms with Gasteiger partial charge >= 0.3 is 0 Å². The Morgan fingerprint density at radius 2 is 1.92 bits per heavy atom. The van der Waals surface area contributed by atoms with E-state index in [0.717, 1.165) is 22.6 Å². The minimum Gasteiger partial charge on any atom is -0.497 e. The predicted octanol–water partition coefficient (Wildman–Crippen LogP) is 3.31. The minimum absolute atomic E-state index is 0.0149. The third-order valence-corrected chi connectivity index (χ3v) is 3.86. The normalized spacial score (nSPS) is 14.5. The Bertz CT molecular complexity index is 678. The van der Waals surface area contributed by atoms with E-state index < -0.39 is 0 Å². The average Bonchev–Trinajstić information content (AvgIpc) is 3.15. The van der Waals surface area contributed by atoms with Crippen molar-refractivity contribution in [3.63, 3.8) is 0 Å². The Morgan fingerprint density at radius 1 is 1.17 bits per heavy atom. The topological polar surface area (TPSA) is 56.8 Å². The number of rotatable bonds is 6. The van der Waals surface area contributed by atoms with Crippen LogP contribution in [0.3, 0.4) is 0 Å². The van der Waals surface area contributed by atoms with E-state index in [2.05, 4.69) is 5.32 Å². The van der Waals surface area contributed by atoms with Crippen LogP contribution in [-0.4, -0.2) is 26.2 Å². The summed E-state index contributed by atoms with van der Waals surface area (Å²) in [6.45, 7) is 1.24. The highest BCUT2D eigenvalue weighted by molar-refractivity contribution is 5.90. The number of ether oxygens (including phenoxy) is 3. The summed E-state index contributed by atoms with van der Waals surface area (Å²) >= 11 is 0. The molecule has 1 aliphatic rings. The molecule has 0 atom stereocenters. The number of aryl methyl sites for hydroxylation is 1. The number of hydrogen-bond acceptors (Lipinski definition) is 4. The quantitative estimate of drug-likeness (QED) is 0.884. The van der Waals surface area contributed by atoms with Crippen LogP contribution in [0.1, 0.15) is 23.8 Å². The Balaban J connectivity index is 1.50. The molecule has 1 fully saturated rings. The standard InChI is InChI=1S/C19H21NO4/c1-22-17-4-2-3-14(13-17)5-10-18(21)20-16-8-6-15(7-9-16)19-23-11-12-24-19/h2-4,6-9,13,19H,5,10-12H2,1H3,(H,20,21). The zero-order valence-electron chi connectivity index (χ0n) is 13.7. The average molecular weight is 327 g/mol. The number of carbonyl (C=O) groups excluding carboxylic acids is 1. The molecule has 1 N–H and O–H groups in total. The van der Waals surface area contributed by atoms with Crippen LogP contribution >= 0.6 is 0 Å². The maximum Gasteiger partial charge on any atom is 0.224 e. The van der Waals surface area contributed by atoms with Crippen LogP contribution in [0.4, 0.5) is 5.69 Å². The van der Waals surface area contributed by atoms with Crippen LogP contribution in [0, 0.1) is 0 Å². The van der Waals surface area contributed by atoms with Gasteiger partial charge in [-0.2, -0.15) is 0 Å². The van der Waals surface area contributed by atoms with E-state index in [0.29, 0.717) is 26.1 Å². The molecule has 1 amide bonds. The summed E-state index contributed by atoms with van der Waals surface area (Å²) in [5.74, 6) is 0.791. The van der Waals surface area contributed by atoms with Gasteiger partial charge in [0.05, 0.1) is 20.3 Å². The zero-order chi connectivity index (χ0) is 16.8. The molecule has 1 saturated heterocycles. The lowest BCUT2D eigenvalue weighted by atomic mass is 10.1. The van der Waals surface area contributed by atoms with Crippen LogP contribution in [0.25, 0.3) is 0 Å². The second-order valence-corrected chi connectivity index (χ2v) is 5.60. The summed E-state index contributed by atoms with van der Waals surface area (Å²) < 4.78 is 16.1. The van der Waals surface area contributed by atoms with Crippen LogP contribution in [-0.2, 0) is 20.7 Å². The van der Waals surface area contributed by atoms with Crippen LogP contribution in [0.15, 0.2) is 48.5 Å². The number of carbonyl (C=O) groups is 1. The highest BCUT2D eigenvalue weighted by atomic mass is 16.7. The molecule has 3 rings (SSSR count). The van der Waals surface area contributed by atoms with Crippen molar-refractivity contribution in [3.05, 3.63) is 59.7 Å². The molecule has 1 aliphatic heterocycles. The van der Waals surface area contributed by atoms with Gasteiger partial charge in [-0.05, 0) is 36.2 Å². The van der Waals surface area contributed by atoms with E-state index in [4.69, 9.17) is 14.2 Å². The molecule has 5 nitrogen and oxygen atoms in total. The van der Waals surface area contributed by atoms with Gasteiger partial charge in [0.25, 0.3) is 0 Å². The Kier molecular flexibility index (Phi) is 5.46. The van der Waals surface area contributed by atoms with Crippen molar-refractivity contribution >= 4 is 11.6 Å². The van der Waals surface area contributed by atoms with Crippen molar-refractivity contribution in [2.45, 2.75) is 19.1 Å². The number of benzene rings is 2. The maximum atomic E-state index is 12.1. The molecule has 0 spiro atoms. The van der Waals surface area contributed by atoms with Gasteiger partial charge in [0, 0.05) is 17.7 Å². The first-order valence-corrected chi connectivity index (χ1v) is 8.00. The Morgan fingerprint density at radius 3 is 2.62 bits per heavy atom. The molecule has 0 aliphatic carbocycles. The monoisotopic (exact) mass is 327 g/mol. The fourth-order valence-corrected chi connectivity index (χ4v) is 2.58. The van der Waals surface area contributed by atoms with Gasteiger partial charge < -0.3 is 19.5 Å². The Labute approximate surface area is 141 Å². The van der Waals surface area contributed by atoms with E-state index in [1.807, 2.05) is 48.5 Å². The van der Waals surface area contributed by atoms with Crippen molar-refractivity contribution in [2.75, 3.05) is 25.6 Å². The molecule has 2 aromatic carbocycles. The molecule has 0 bridgehead atoms. The lowest BCUT2D eigenvalue weighted by molar-refractivity contribution is -0.116. The summed E-state index contributed by atoms with van der Waals surface area (Å²) in [6.07, 6.45) is 0.803. The maximum absolute atomic E-state index is 12.1. The fraction of sp³-hybridized carbons (Fsp3) is 0.316. The van der Waals surface area contributed by atoms with Gasteiger partial charge in [-0.15, -0.1) is 0 Å². The molecule has 1 heterocycles. The molecule has 2 aromatic rings. The van der Waals surface area contributed by atoms with E-state index in [9.17, 15) is 4.79 Å². The fourth-order valence-electron chi connectivity index (χ4n) is 2.58. The summed E-state index contributed by atoms with van der Waals surface area (Å²) in [5, 5.41) is 2.91. The van der Waals surface area contributed by atoms with Crippen molar-refractivity contribution in [1.82, 2.24) is 0 Å². The van der Waals surface area contributed by atoms with Gasteiger partial charge in [-0.3, -0.25) is 4.79 Å². The molecule has 0 saturated carbocycles. The van der Waals surface area contributed by atoms with Crippen molar-refractivity contribution in [3.8, 4) is 5.75 Å². The highest BCUT2D eigenvalue weighted by Crippen LogP contribution is 2.24. The van der Waals surface area contributed by atoms with Gasteiger partial charge in [-0.1, -0.05) is 24.3 Å². The minimum atomic E-state index is -0.289. The van der Waals surface area contributed by atoms with Gasteiger partial charge in [0.2, 0.25) is 5.91 Å². The highest BCUT2D eigenvalue weighted by Gasteiger charge is 2.17. The number of amides is 1. The lowest BCUT2D eigenvalue weighted by Gasteiger charge is -2.11. The third kappa shape index (κ3) is 4.34. The number of hydrogen-bond donors (Lipinski definition) is 1. The van der Waals surface area contributed by atoms with Crippen LogP contribution < -0.4 is 10.1 Å². The van der Waals surface area contributed by atoms with E-state index in [-0.39, 0.29) is 12.2 Å². The van der Waals surface area contributed by atoms with Crippen molar-refractivity contribution in [1.29, 1.82) is 0 Å². The molecule has 0 radical (unpaired) electrons. The smallest absolute Gasteiger partial charge is 0.224 e. The first kappa shape index (κ1) is 16.5. The Hall–Kier alpha value is -2.37. The summed E-state index contributed by atoms with van der Waals surface area (Å²) in [7, 11) is 1.64. The van der Waals surface area contributed by atoms with E-state index in [1.54, 1.807) is 7.11 Å². The molecular formula is C19H21NO4. The molecule has 5 heteroatoms. The van der Waals surface area contributed by atoms with E-state index >= 15 is 0 Å². The van der Waals surface area contributed by atoms with Crippen LogP contribution in [0.2, 0.25) is 0 Å². The predicted molar refractivity (Wildman–Crippen MR) is 91.0 cm³/mol. The first-order valence-electron chi connectivity index (χ1n) is 8.00. The van der Waals surface area contributed by atoms with E-state index in [1.165, 1.54) is 0 Å². The zero-order valence-corrected chi connectivity index (χ0v) is 13.7. The molecule has 0 unspecified atom stereocenters. The molecule has 126 valence electrons. The van der Waals surface area contributed by atoms with Crippen molar-refractivity contribution in [2.24, 2.45) is 0 Å². The SMILES string of the molecule is COc1cccc(CCC(=O)Nc2ccc(C3OCCO3)cc2)c1. The van der Waals surface area contributed by atoms with Crippen molar-refractivity contribution < 1.29 is 19.0 Å². The number of methoxy groups -OCH3 is 1. The summed E-state index contributed by atoms with van der Waals surface area (Å²) in [5.41, 5.74) is 2.81. The van der Waals surface area contributed by atoms with Gasteiger partial charge in [-0.25, -0.2) is 0 Å². The number of nitrogens with one attached hydrogen (secondary N) is 1. The summed E-state index contributed by atoms with van der Waals surface area (Å²) in [6, 6.07) is 15.3. The summed E-state index contributed by atoms with van der Waals surface area (Å²) in [4.78, 5) is 12.1. The second kappa shape index (κ2) is 7.95. The van der Waals surface area contributed by atoms with Gasteiger partial charge in [0.15, 0.2) is 6.29 Å². The third-order valence-electron chi connectivity index (χ3n) is 3.86. The van der Waals surface area contributed by atoms with Gasteiger partial charge in [0.1, 0.15) is 5.75 Å². The number of anilines is 1. The lowest BCUT2D eigenvalue weighted by Crippen LogP contribution is -2.12.